The minimum atomic E-state index is -3.59. The van der Waals surface area contributed by atoms with Gasteiger partial charge in [-0.3, -0.25) is 0 Å². The Bertz CT molecular complexity index is 1530. The fraction of sp³-hybridized carbons (Fsp3) is 0.321. The lowest BCUT2D eigenvalue weighted by Crippen LogP contribution is -2.45. The number of benzene rings is 3. The first-order valence-electron chi connectivity index (χ1n) is 13.0. The van der Waals surface area contributed by atoms with Gasteiger partial charge in [0.15, 0.2) is 0 Å². The van der Waals surface area contributed by atoms with E-state index >= 15 is 0 Å². The van der Waals surface area contributed by atoms with Gasteiger partial charge in [0.1, 0.15) is 24.0 Å². The Morgan fingerprint density at radius 3 is 2.46 bits per heavy atom. The number of nitrogens with one attached hydrogen (secondary N) is 4. The number of aromatic amines is 2. The molecule has 0 spiro atoms. The first-order chi connectivity index (χ1) is 18.9. The number of fused-ring (bicyclic) bond motifs is 1. The summed E-state index contributed by atoms with van der Waals surface area (Å²) in [6.07, 6.45) is 1.10. The Kier molecular flexibility index (Phi) is 8.32. The van der Waals surface area contributed by atoms with Gasteiger partial charge < -0.3 is 30.0 Å². The molecule has 1 fully saturated rings. The molecule has 1 aliphatic rings. The Morgan fingerprint density at radius 2 is 1.72 bits per heavy atom. The van der Waals surface area contributed by atoms with Crippen LogP contribution in [-0.2, 0) is 16.6 Å². The summed E-state index contributed by atoms with van der Waals surface area (Å²) in [4.78, 5) is 19.4. The second-order valence-electron chi connectivity index (χ2n) is 9.70. The number of hydrogen-bond donors (Lipinski definition) is 5. The average Bonchev–Trinajstić information content (AvgIpc) is 3.35. The minimum Gasteiger partial charge on any atom is -0.489 e. The van der Waals surface area contributed by atoms with E-state index in [1.165, 1.54) is 0 Å². The van der Waals surface area contributed by atoms with Gasteiger partial charge in [-0.05, 0) is 54.8 Å². The highest BCUT2D eigenvalue weighted by Crippen LogP contribution is 2.23. The van der Waals surface area contributed by atoms with Gasteiger partial charge in [-0.15, -0.1) is 0 Å². The summed E-state index contributed by atoms with van der Waals surface area (Å²) in [7, 11) is -3.59. The van der Waals surface area contributed by atoms with Crippen LogP contribution in [0, 0.1) is 0 Å². The summed E-state index contributed by atoms with van der Waals surface area (Å²) < 4.78 is 33.7. The van der Waals surface area contributed by atoms with Crippen molar-refractivity contribution in [2.75, 3.05) is 31.1 Å². The molecule has 1 aromatic heterocycles. The zero-order valence-corrected chi connectivity index (χ0v) is 22.3. The molecule has 0 aliphatic carbocycles. The Hall–Kier alpha value is -3.64. The van der Waals surface area contributed by atoms with Crippen LogP contribution in [-0.4, -0.2) is 61.9 Å². The third kappa shape index (κ3) is 6.87. The smallest absolute Gasteiger partial charge is 0.323 e. The maximum absolute atomic E-state index is 12.7. The fourth-order valence-corrected chi connectivity index (χ4v) is 5.75. The van der Waals surface area contributed by atoms with Crippen molar-refractivity contribution in [2.24, 2.45) is 0 Å². The normalized spacial score (nSPS) is 15.5. The average molecular weight is 552 g/mol. The highest BCUT2D eigenvalue weighted by molar-refractivity contribution is 7.89. The highest BCUT2D eigenvalue weighted by atomic mass is 32.2. The molecule has 206 valence electrons. The lowest BCUT2D eigenvalue weighted by atomic mass is 10.0. The molecule has 0 saturated carbocycles. The Labute approximate surface area is 227 Å². The number of sulfonamides is 1. The quantitative estimate of drug-likeness (QED) is 0.193. The molecule has 4 aromatic rings. The van der Waals surface area contributed by atoms with Crippen LogP contribution in [0.5, 0.6) is 5.75 Å². The van der Waals surface area contributed by atoms with Gasteiger partial charge in [-0.1, -0.05) is 36.4 Å². The lowest BCUT2D eigenvalue weighted by Gasteiger charge is -2.34. The Morgan fingerprint density at radius 1 is 0.974 bits per heavy atom. The molecule has 1 unspecified atom stereocenters. The van der Waals surface area contributed by atoms with Crippen LogP contribution in [0.2, 0.25) is 0 Å². The molecule has 0 bridgehead atoms. The van der Waals surface area contributed by atoms with E-state index in [4.69, 9.17) is 4.74 Å². The number of anilines is 1. The molecule has 0 radical (unpaired) electrons. The van der Waals surface area contributed by atoms with E-state index in [9.17, 15) is 18.3 Å². The van der Waals surface area contributed by atoms with Crippen molar-refractivity contribution in [3.63, 3.8) is 0 Å². The third-order valence-electron chi connectivity index (χ3n) is 6.90. The van der Waals surface area contributed by atoms with Gasteiger partial charge in [0.25, 0.3) is 0 Å². The van der Waals surface area contributed by atoms with Crippen molar-refractivity contribution < 1.29 is 18.3 Å². The predicted molar refractivity (Wildman–Crippen MR) is 151 cm³/mol. The monoisotopic (exact) mass is 551 g/mol. The first-order valence-corrected chi connectivity index (χ1v) is 14.5. The largest absolute Gasteiger partial charge is 0.489 e. The number of para-hydroxylation sites is 1. The van der Waals surface area contributed by atoms with Crippen molar-refractivity contribution in [2.45, 2.75) is 36.4 Å². The van der Waals surface area contributed by atoms with E-state index in [0.29, 0.717) is 23.3 Å². The van der Waals surface area contributed by atoms with E-state index in [0.717, 1.165) is 37.2 Å². The fourth-order valence-electron chi connectivity index (χ4n) is 4.73. The van der Waals surface area contributed by atoms with Crippen LogP contribution in [0.3, 0.4) is 0 Å². The van der Waals surface area contributed by atoms with Crippen molar-refractivity contribution in [3.05, 3.63) is 88.8 Å². The summed E-state index contributed by atoms with van der Waals surface area (Å²) in [5.74, 6) is 0.518. The summed E-state index contributed by atoms with van der Waals surface area (Å²) in [6, 6.07) is 22.0. The van der Waals surface area contributed by atoms with Gasteiger partial charge in [0, 0.05) is 37.9 Å². The predicted octanol–water partition coefficient (Wildman–Crippen LogP) is 2.33. The molecule has 1 atom stereocenters. The zero-order valence-electron chi connectivity index (χ0n) is 21.5. The van der Waals surface area contributed by atoms with Crippen LogP contribution in [0.1, 0.15) is 18.4 Å². The highest BCUT2D eigenvalue weighted by Gasteiger charge is 2.21. The van der Waals surface area contributed by atoms with Crippen molar-refractivity contribution in [1.82, 2.24) is 20.0 Å². The summed E-state index contributed by atoms with van der Waals surface area (Å²) in [5, 5.41) is 13.8. The number of aliphatic hydroxyl groups excluding tert-OH is 1. The molecular formula is C28H33N5O5S. The molecule has 2 heterocycles. The third-order valence-corrected chi connectivity index (χ3v) is 8.32. The van der Waals surface area contributed by atoms with Crippen LogP contribution >= 0.6 is 0 Å². The van der Waals surface area contributed by atoms with E-state index in [2.05, 4.69) is 24.9 Å². The van der Waals surface area contributed by atoms with E-state index < -0.39 is 16.1 Å². The van der Waals surface area contributed by atoms with Gasteiger partial charge in [-0.25, -0.2) is 17.9 Å². The molecule has 1 saturated heterocycles. The molecule has 3 aromatic carbocycles. The van der Waals surface area contributed by atoms with Gasteiger partial charge in [-0.2, -0.15) is 0 Å². The molecule has 1 aliphatic heterocycles. The Balaban J connectivity index is 1.05. The van der Waals surface area contributed by atoms with Crippen LogP contribution in [0.15, 0.2) is 82.5 Å². The topological polar surface area (TPSA) is 140 Å². The molecular weight excluding hydrogens is 518 g/mol. The van der Waals surface area contributed by atoms with Crippen LogP contribution < -0.4 is 25.4 Å². The number of rotatable bonds is 11. The minimum absolute atomic E-state index is 0.105. The van der Waals surface area contributed by atoms with Gasteiger partial charge in [0.2, 0.25) is 10.0 Å². The summed E-state index contributed by atoms with van der Waals surface area (Å²) >= 11 is 0. The lowest BCUT2D eigenvalue weighted by molar-refractivity contribution is 0.103. The second-order valence-corrected chi connectivity index (χ2v) is 11.5. The SMILES string of the molecule is O=c1[nH]c2cccc(OCC(O)CNC3CCN(c4ccc(S(=O)(=O)NCc5ccccc5)cc4)CC3)c2[nH]1. The maximum atomic E-state index is 12.7. The van der Waals surface area contributed by atoms with E-state index in [1.807, 2.05) is 42.5 Å². The molecule has 39 heavy (non-hydrogen) atoms. The van der Waals surface area contributed by atoms with Gasteiger partial charge >= 0.3 is 5.69 Å². The molecule has 10 nitrogen and oxygen atoms in total. The summed E-state index contributed by atoms with van der Waals surface area (Å²) in [5.41, 5.74) is 2.84. The van der Waals surface area contributed by atoms with Gasteiger partial charge in [0.05, 0.1) is 10.4 Å². The van der Waals surface area contributed by atoms with E-state index in [-0.39, 0.29) is 29.8 Å². The number of aliphatic hydroxyl groups is 1. The number of ether oxygens (including phenoxy) is 1. The molecule has 11 heteroatoms. The van der Waals surface area contributed by atoms with Crippen LogP contribution in [0.25, 0.3) is 11.0 Å². The van der Waals surface area contributed by atoms with Crippen molar-refractivity contribution >= 4 is 26.7 Å². The van der Waals surface area contributed by atoms with Crippen molar-refractivity contribution in [3.8, 4) is 5.75 Å². The molecule has 0 amide bonds. The maximum Gasteiger partial charge on any atom is 0.323 e. The number of piperidine rings is 1. The van der Waals surface area contributed by atoms with E-state index in [1.54, 1.807) is 30.3 Å². The molecule has 5 N–H and O–H groups in total. The number of aromatic nitrogens is 2. The molecule has 5 rings (SSSR count). The van der Waals surface area contributed by atoms with Crippen molar-refractivity contribution in [1.29, 1.82) is 0 Å². The zero-order chi connectivity index (χ0) is 27.2. The van der Waals surface area contributed by atoms with Crippen LogP contribution in [0.4, 0.5) is 5.69 Å². The number of H-pyrrole nitrogens is 2. The number of imidazole rings is 1. The summed E-state index contributed by atoms with van der Waals surface area (Å²) in [6.45, 7) is 2.40. The first kappa shape index (κ1) is 26.9. The number of nitrogens with zero attached hydrogens (tertiary/aromatic N) is 1. The second kappa shape index (κ2) is 12.0. The standard InChI is InChI=1S/C28H33N5O5S/c34-23(19-38-26-8-4-7-25-27(26)32-28(35)31-25)18-29-21-13-15-33(16-14-21)22-9-11-24(12-10-22)39(36,37)30-17-20-5-2-1-3-6-20/h1-12,21,23,29-30,34H,13-19H2,(H2,31,32,35). The number of hydrogen-bond acceptors (Lipinski definition) is 7.